The quantitative estimate of drug-likeness (QED) is 0.809. The summed E-state index contributed by atoms with van der Waals surface area (Å²) in [7, 11) is 0. The van der Waals surface area contributed by atoms with Crippen LogP contribution in [0.25, 0.3) is 0 Å². The summed E-state index contributed by atoms with van der Waals surface area (Å²) in [6.07, 6.45) is 1.06. The molecular formula is C12H18ClN2O+. The van der Waals surface area contributed by atoms with Crippen LogP contribution in [-0.4, -0.2) is 18.5 Å². The number of hydrogen-bond donors (Lipinski definition) is 2. The molecule has 88 valence electrons. The number of carbonyl (C=O) groups is 1. The highest BCUT2D eigenvalue weighted by Crippen LogP contribution is 2.14. The van der Waals surface area contributed by atoms with Crippen LogP contribution in [0.15, 0.2) is 24.3 Å². The third-order valence-electron chi connectivity index (χ3n) is 2.31. The first-order chi connectivity index (χ1) is 7.63. The van der Waals surface area contributed by atoms with E-state index >= 15 is 0 Å². The van der Waals surface area contributed by atoms with E-state index in [1.165, 1.54) is 0 Å². The third-order valence-corrected chi connectivity index (χ3v) is 2.55. The van der Waals surface area contributed by atoms with Crippen molar-refractivity contribution >= 4 is 23.2 Å². The van der Waals surface area contributed by atoms with Gasteiger partial charge in [0.05, 0.1) is 6.54 Å². The van der Waals surface area contributed by atoms with Gasteiger partial charge in [-0.25, -0.2) is 0 Å². The lowest BCUT2D eigenvalue weighted by atomic mass is 10.2. The Morgan fingerprint density at radius 1 is 1.56 bits per heavy atom. The Morgan fingerprint density at radius 3 is 2.94 bits per heavy atom. The maximum Gasteiger partial charge on any atom is 0.282 e. The van der Waals surface area contributed by atoms with E-state index in [0.717, 1.165) is 18.7 Å². The lowest BCUT2D eigenvalue weighted by Gasteiger charge is -2.10. The van der Waals surface area contributed by atoms with Crippen LogP contribution in [0.5, 0.6) is 0 Å². The lowest BCUT2D eigenvalue weighted by Crippen LogP contribution is -2.91. The number of rotatable bonds is 5. The molecule has 1 rings (SSSR count). The highest BCUT2D eigenvalue weighted by Gasteiger charge is 2.14. The first kappa shape index (κ1) is 13.0. The van der Waals surface area contributed by atoms with E-state index in [-0.39, 0.29) is 11.9 Å². The number of carbonyl (C=O) groups excluding carboxylic acids is 1. The number of quaternary nitrogens is 1. The summed E-state index contributed by atoms with van der Waals surface area (Å²) in [6, 6.07) is 7.10. The van der Waals surface area contributed by atoms with Crippen molar-refractivity contribution < 1.29 is 10.1 Å². The molecule has 0 bridgehead atoms. The van der Waals surface area contributed by atoms with Gasteiger partial charge in [0.25, 0.3) is 5.91 Å². The Hall–Kier alpha value is -1.06. The van der Waals surface area contributed by atoms with Gasteiger partial charge in [0.15, 0.2) is 6.04 Å². The van der Waals surface area contributed by atoms with E-state index in [9.17, 15) is 4.79 Å². The standard InChI is InChI=1S/C12H17ClN2O/c1-3-7-14-9(2)12(16)15-11-6-4-5-10(13)8-11/h4-6,8-9,14H,3,7H2,1-2H3,(H,15,16)/p+1/t9-/m0/s1. The van der Waals surface area contributed by atoms with Crippen LogP contribution in [0.2, 0.25) is 5.02 Å². The third kappa shape index (κ3) is 4.21. The molecule has 1 aromatic carbocycles. The number of nitrogens with two attached hydrogens (primary N) is 1. The van der Waals surface area contributed by atoms with Crippen LogP contribution < -0.4 is 10.6 Å². The number of hydrogen-bond acceptors (Lipinski definition) is 1. The molecule has 1 aromatic rings. The maximum absolute atomic E-state index is 11.7. The molecule has 3 nitrogen and oxygen atoms in total. The van der Waals surface area contributed by atoms with Gasteiger partial charge < -0.3 is 10.6 Å². The molecule has 1 amide bonds. The predicted molar refractivity (Wildman–Crippen MR) is 66.6 cm³/mol. The number of benzene rings is 1. The Labute approximate surface area is 101 Å². The molecule has 1 atom stereocenters. The molecule has 0 aliphatic carbocycles. The van der Waals surface area contributed by atoms with Gasteiger partial charge in [-0.2, -0.15) is 0 Å². The van der Waals surface area contributed by atoms with Crippen LogP contribution in [0, 0.1) is 0 Å². The Kier molecular flexibility index (Phi) is 5.29. The molecule has 0 aromatic heterocycles. The van der Waals surface area contributed by atoms with Crippen molar-refractivity contribution in [2.75, 3.05) is 11.9 Å². The molecule has 0 heterocycles. The fourth-order valence-electron chi connectivity index (χ4n) is 1.35. The first-order valence-electron chi connectivity index (χ1n) is 5.53. The Bertz CT molecular complexity index is 355. The average Bonchev–Trinajstić information content (AvgIpc) is 2.25. The number of anilines is 1. The number of nitrogens with one attached hydrogen (secondary N) is 1. The zero-order valence-corrected chi connectivity index (χ0v) is 10.4. The SMILES string of the molecule is CCC[NH2+][C@@H](C)C(=O)Nc1cccc(Cl)c1. The minimum Gasteiger partial charge on any atom is -0.336 e. The van der Waals surface area contributed by atoms with Crippen LogP contribution >= 0.6 is 11.6 Å². The highest BCUT2D eigenvalue weighted by molar-refractivity contribution is 6.30. The molecular weight excluding hydrogens is 224 g/mol. The maximum atomic E-state index is 11.7. The molecule has 0 fully saturated rings. The van der Waals surface area contributed by atoms with Crippen LogP contribution in [0.4, 0.5) is 5.69 Å². The minimum atomic E-state index is -0.0704. The van der Waals surface area contributed by atoms with Gasteiger partial charge in [0, 0.05) is 10.7 Å². The summed E-state index contributed by atoms with van der Waals surface area (Å²) in [4.78, 5) is 11.7. The van der Waals surface area contributed by atoms with Gasteiger partial charge in [0.1, 0.15) is 0 Å². The molecule has 0 aliphatic heterocycles. The molecule has 0 saturated heterocycles. The van der Waals surface area contributed by atoms with Crippen LogP contribution in [0.1, 0.15) is 20.3 Å². The molecule has 16 heavy (non-hydrogen) atoms. The van der Waals surface area contributed by atoms with E-state index < -0.39 is 0 Å². The van der Waals surface area contributed by atoms with Gasteiger partial charge in [0.2, 0.25) is 0 Å². The summed E-state index contributed by atoms with van der Waals surface area (Å²) in [5, 5.41) is 5.49. The molecule has 0 spiro atoms. The van der Waals surface area contributed by atoms with Gasteiger partial charge in [-0.15, -0.1) is 0 Å². The van der Waals surface area contributed by atoms with Crippen molar-refractivity contribution in [3.05, 3.63) is 29.3 Å². The number of halogens is 1. The van der Waals surface area contributed by atoms with E-state index in [1.54, 1.807) is 12.1 Å². The normalized spacial score (nSPS) is 12.2. The molecule has 0 unspecified atom stereocenters. The number of amides is 1. The largest absolute Gasteiger partial charge is 0.336 e. The topological polar surface area (TPSA) is 45.7 Å². The second kappa shape index (κ2) is 6.51. The summed E-state index contributed by atoms with van der Waals surface area (Å²) < 4.78 is 0. The monoisotopic (exact) mass is 241 g/mol. The summed E-state index contributed by atoms with van der Waals surface area (Å²) >= 11 is 5.83. The lowest BCUT2D eigenvalue weighted by molar-refractivity contribution is -0.673. The molecule has 0 radical (unpaired) electrons. The molecule has 0 saturated carbocycles. The van der Waals surface area contributed by atoms with Crippen LogP contribution in [0.3, 0.4) is 0 Å². The van der Waals surface area contributed by atoms with Crippen molar-refractivity contribution in [2.24, 2.45) is 0 Å². The zero-order chi connectivity index (χ0) is 12.0. The van der Waals surface area contributed by atoms with Gasteiger partial charge in [-0.05, 0) is 31.5 Å². The minimum absolute atomic E-state index is 0.00992. The van der Waals surface area contributed by atoms with E-state index in [1.807, 2.05) is 24.4 Å². The van der Waals surface area contributed by atoms with Gasteiger partial charge >= 0.3 is 0 Å². The predicted octanol–water partition coefficient (Wildman–Crippen LogP) is 1.64. The first-order valence-corrected chi connectivity index (χ1v) is 5.91. The zero-order valence-electron chi connectivity index (χ0n) is 9.66. The van der Waals surface area contributed by atoms with E-state index in [4.69, 9.17) is 11.6 Å². The highest BCUT2D eigenvalue weighted by atomic mass is 35.5. The van der Waals surface area contributed by atoms with E-state index in [0.29, 0.717) is 5.02 Å². The fourth-order valence-corrected chi connectivity index (χ4v) is 1.54. The summed E-state index contributed by atoms with van der Waals surface area (Å²) in [6.45, 7) is 4.96. The smallest absolute Gasteiger partial charge is 0.282 e. The molecule has 4 heteroatoms. The molecule has 0 aliphatic rings. The van der Waals surface area contributed by atoms with Crippen molar-refractivity contribution in [1.82, 2.24) is 0 Å². The Balaban J connectivity index is 2.50. The Morgan fingerprint density at radius 2 is 2.31 bits per heavy atom. The van der Waals surface area contributed by atoms with Crippen molar-refractivity contribution in [3.8, 4) is 0 Å². The summed E-state index contributed by atoms with van der Waals surface area (Å²) in [5.74, 6) is 0.00992. The van der Waals surface area contributed by atoms with Crippen molar-refractivity contribution in [1.29, 1.82) is 0 Å². The van der Waals surface area contributed by atoms with E-state index in [2.05, 4.69) is 12.2 Å². The average molecular weight is 242 g/mol. The fraction of sp³-hybridized carbons (Fsp3) is 0.417. The van der Waals surface area contributed by atoms with Gasteiger partial charge in [-0.3, -0.25) is 4.79 Å². The van der Waals surface area contributed by atoms with Gasteiger partial charge in [-0.1, -0.05) is 24.6 Å². The van der Waals surface area contributed by atoms with Crippen LogP contribution in [-0.2, 0) is 4.79 Å². The molecule has 3 N–H and O–H groups in total. The second-order valence-electron chi connectivity index (χ2n) is 3.81. The summed E-state index contributed by atoms with van der Waals surface area (Å²) in [5.41, 5.74) is 0.745. The van der Waals surface area contributed by atoms with Crippen molar-refractivity contribution in [3.63, 3.8) is 0 Å². The second-order valence-corrected chi connectivity index (χ2v) is 4.25. The van der Waals surface area contributed by atoms with Crippen molar-refractivity contribution in [2.45, 2.75) is 26.3 Å².